The molecule has 0 amide bonds. The zero-order chi connectivity index (χ0) is 12.6. The quantitative estimate of drug-likeness (QED) is 0.791. The van der Waals surface area contributed by atoms with Gasteiger partial charge in [0, 0.05) is 0 Å². The van der Waals surface area contributed by atoms with Gasteiger partial charge in [0.2, 0.25) is 0 Å². The number of hydrogen-bond donors (Lipinski definition) is 0. The average molecular weight is 240 g/mol. The lowest BCUT2D eigenvalue weighted by Gasteiger charge is -2.02. The molecule has 0 saturated heterocycles. The van der Waals surface area contributed by atoms with Crippen molar-refractivity contribution in [2.45, 2.75) is 0 Å². The predicted molar refractivity (Wildman–Crippen MR) is 74.0 cm³/mol. The van der Waals surface area contributed by atoms with Crippen molar-refractivity contribution in [3.8, 4) is 11.5 Å². The molecule has 18 heavy (non-hydrogen) atoms. The van der Waals surface area contributed by atoms with Gasteiger partial charge in [-0.05, 0) is 35.9 Å². The smallest absolute Gasteiger partial charge is 0.119 e. The Balaban J connectivity index is 1.84. The molecule has 2 heteroatoms. The van der Waals surface area contributed by atoms with E-state index in [0.717, 1.165) is 17.1 Å². The predicted octanol–water partition coefficient (Wildman–Crippen LogP) is 3.79. The zero-order valence-electron chi connectivity index (χ0n) is 10.4. The van der Waals surface area contributed by atoms with E-state index in [2.05, 4.69) is 0 Å². The normalized spacial score (nSPS) is 10.5. The minimum absolute atomic E-state index is 0.566. The average Bonchev–Trinajstić information content (AvgIpc) is 2.45. The fourth-order valence-electron chi connectivity index (χ4n) is 1.56. The summed E-state index contributed by atoms with van der Waals surface area (Å²) < 4.78 is 10.7. The third-order valence-electron chi connectivity index (χ3n) is 2.52. The largest absolute Gasteiger partial charge is 0.497 e. The first kappa shape index (κ1) is 12.2. The van der Waals surface area contributed by atoms with Crippen molar-refractivity contribution < 1.29 is 9.47 Å². The monoisotopic (exact) mass is 240 g/mol. The second kappa shape index (κ2) is 6.50. The van der Waals surface area contributed by atoms with Gasteiger partial charge in [-0.25, -0.2) is 0 Å². The van der Waals surface area contributed by atoms with Crippen LogP contribution in [0.1, 0.15) is 5.56 Å². The molecule has 0 saturated carbocycles. The van der Waals surface area contributed by atoms with E-state index in [9.17, 15) is 0 Å². The highest BCUT2D eigenvalue weighted by atomic mass is 16.5. The van der Waals surface area contributed by atoms with E-state index in [-0.39, 0.29) is 0 Å². The van der Waals surface area contributed by atoms with Crippen molar-refractivity contribution in [2.24, 2.45) is 0 Å². The summed E-state index contributed by atoms with van der Waals surface area (Å²) in [7, 11) is 1.67. The molecule has 0 spiro atoms. The van der Waals surface area contributed by atoms with E-state index >= 15 is 0 Å². The van der Waals surface area contributed by atoms with Crippen LogP contribution in [-0.2, 0) is 0 Å². The molecule has 2 aromatic carbocycles. The maximum Gasteiger partial charge on any atom is 0.119 e. The molecule has 0 fully saturated rings. The van der Waals surface area contributed by atoms with Gasteiger partial charge in [-0.2, -0.15) is 0 Å². The highest BCUT2D eigenvalue weighted by Gasteiger charge is 1.90. The maximum absolute atomic E-state index is 5.56. The van der Waals surface area contributed by atoms with Crippen LogP contribution in [0.4, 0.5) is 0 Å². The minimum atomic E-state index is 0.566. The van der Waals surface area contributed by atoms with Crippen molar-refractivity contribution in [3.63, 3.8) is 0 Å². The van der Waals surface area contributed by atoms with Crippen LogP contribution in [0.5, 0.6) is 11.5 Å². The van der Waals surface area contributed by atoms with Gasteiger partial charge in [-0.3, -0.25) is 0 Å². The lowest BCUT2D eigenvalue weighted by atomic mass is 10.2. The Morgan fingerprint density at radius 3 is 2.28 bits per heavy atom. The number of hydrogen-bond acceptors (Lipinski definition) is 2. The van der Waals surface area contributed by atoms with Gasteiger partial charge in [-0.15, -0.1) is 0 Å². The fourth-order valence-corrected chi connectivity index (χ4v) is 1.56. The molecule has 0 heterocycles. The second-order valence-corrected chi connectivity index (χ2v) is 3.80. The highest BCUT2D eigenvalue weighted by Crippen LogP contribution is 2.12. The van der Waals surface area contributed by atoms with Crippen LogP contribution in [0, 0.1) is 0 Å². The summed E-state index contributed by atoms with van der Waals surface area (Å²) >= 11 is 0. The van der Waals surface area contributed by atoms with Crippen LogP contribution in [0.15, 0.2) is 60.7 Å². The zero-order valence-corrected chi connectivity index (χ0v) is 10.4. The van der Waals surface area contributed by atoms with Crippen LogP contribution in [0.3, 0.4) is 0 Å². The van der Waals surface area contributed by atoms with E-state index < -0.39 is 0 Å². The van der Waals surface area contributed by atoms with Crippen LogP contribution < -0.4 is 9.47 Å². The molecule has 92 valence electrons. The first-order chi connectivity index (χ1) is 8.88. The summed E-state index contributed by atoms with van der Waals surface area (Å²) in [5.41, 5.74) is 1.13. The Kier molecular flexibility index (Phi) is 4.42. The van der Waals surface area contributed by atoms with Gasteiger partial charge in [0.05, 0.1) is 7.11 Å². The molecule has 0 atom stereocenters. The Bertz CT molecular complexity index is 486. The highest BCUT2D eigenvalue weighted by molar-refractivity contribution is 5.50. The molecule has 0 radical (unpaired) electrons. The van der Waals surface area contributed by atoms with Gasteiger partial charge >= 0.3 is 0 Å². The number of rotatable bonds is 5. The molecule has 2 rings (SSSR count). The van der Waals surface area contributed by atoms with E-state index in [0.29, 0.717) is 6.61 Å². The van der Waals surface area contributed by atoms with E-state index in [1.165, 1.54) is 0 Å². The van der Waals surface area contributed by atoms with Gasteiger partial charge in [-0.1, -0.05) is 36.4 Å². The van der Waals surface area contributed by atoms with Crippen molar-refractivity contribution in [1.82, 2.24) is 0 Å². The van der Waals surface area contributed by atoms with Crippen molar-refractivity contribution in [2.75, 3.05) is 13.7 Å². The number of para-hydroxylation sites is 1. The summed E-state index contributed by atoms with van der Waals surface area (Å²) in [5, 5.41) is 0. The van der Waals surface area contributed by atoms with Crippen LogP contribution in [0.2, 0.25) is 0 Å². The summed E-state index contributed by atoms with van der Waals surface area (Å²) in [6.45, 7) is 0.566. The lowest BCUT2D eigenvalue weighted by molar-refractivity contribution is 0.363. The first-order valence-corrected chi connectivity index (χ1v) is 5.87. The second-order valence-electron chi connectivity index (χ2n) is 3.80. The lowest BCUT2D eigenvalue weighted by Crippen LogP contribution is -1.92. The molecule has 0 aromatic heterocycles. The Morgan fingerprint density at radius 1 is 0.889 bits per heavy atom. The number of methoxy groups -OCH3 is 1. The van der Waals surface area contributed by atoms with Crippen LogP contribution in [-0.4, -0.2) is 13.7 Å². The molecule has 0 N–H and O–H groups in total. The molecule has 0 aliphatic rings. The summed E-state index contributed by atoms with van der Waals surface area (Å²) in [5.74, 6) is 1.75. The van der Waals surface area contributed by atoms with E-state index in [1.807, 2.05) is 66.7 Å². The Hall–Kier alpha value is -2.22. The van der Waals surface area contributed by atoms with Crippen LogP contribution >= 0.6 is 0 Å². The molecular formula is C16H16O2. The molecule has 0 aliphatic heterocycles. The Morgan fingerprint density at radius 2 is 1.61 bits per heavy atom. The van der Waals surface area contributed by atoms with Crippen molar-refractivity contribution >= 4 is 6.08 Å². The summed E-state index contributed by atoms with van der Waals surface area (Å²) in [4.78, 5) is 0. The first-order valence-electron chi connectivity index (χ1n) is 5.87. The number of ether oxygens (including phenoxy) is 2. The van der Waals surface area contributed by atoms with Gasteiger partial charge in [0.25, 0.3) is 0 Å². The van der Waals surface area contributed by atoms with Crippen molar-refractivity contribution in [1.29, 1.82) is 0 Å². The van der Waals surface area contributed by atoms with Crippen molar-refractivity contribution in [3.05, 3.63) is 66.2 Å². The molecule has 0 bridgehead atoms. The molecule has 0 unspecified atom stereocenters. The summed E-state index contributed by atoms with van der Waals surface area (Å²) in [6, 6.07) is 17.7. The SMILES string of the molecule is COc1ccc(C=CCOc2ccccc2)cc1. The topological polar surface area (TPSA) is 18.5 Å². The molecular weight excluding hydrogens is 224 g/mol. The van der Waals surface area contributed by atoms with E-state index in [4.69, 9.17) is 9.47 Å². The van der Waals surface area contributed by atoms with Gasteiger partial charge in [0.1, 0.15) is 18.1 Å². The molecule has 2 aromatic rings. The van der Waals surface area contributed by atoms with E-state index in [1.54, 1.807) is 7.11 Å². The molecule has 2 nitrogen and oxygen atoms in total. The van der Waals surface area contributed by atoms with Gasteiger partial charge in [0.15, 0.2) is 0 Å². The van der Waals surface area contributed by atoms with Gasteiger partial charge < -0.3 is 9.47 Å². The third kappa shape index (κ3) is 3.67. The maximum atomic E-state index is 5.56. The third-order valence-corrected chi connectivity index (χ3v) is 2.52. The number of benzene rings is 2. The molecule has 0 aliphatic carbocycles. The summed E-state index contributed by atoms with van der Waals surface area (Å²) in [6.07, 6.45) is 4.02. The van der Waals surface area contributed by atoms with Crippen LogP contribution in [0.25, 0.3) is 6.08 Å². The minimum Gasteiger partial charge on any atom is -0.497 e. The standard InChI is InChI=1S/C16H16O2/c1-17-15-11-9-14(10-12-15)6-5-13-18-16-7-3-2-4-8-16/h2-12H,13H2,1H3. The fraction of sp³-hybridized carbons (Fsp3) is 0.125. The Labute approximate surface area is 107 Å².